The molecule has 0 bridgehead atoms. The van der Waals surface area contributed by atoms with Crippen molar-refractivity contribution in [1.29, 1.82) is 0 Å². The molecule has 2 atom stereocenters. The molecular formula is C19H23NO2. The Hall–Kier alpha value is -1.68. The number of ether oxygens (including phenoxy) is 2. The van der Waals surface area contributed by atoms with Crippen LogP contribution in [0.15, 0.2) is 60.7 Å². The summed E-state index contributed by atoms with van der Waals surface area (Å²) in [6.07, 6.45) is 1.10. The molecule has 0 spiro atoms. The highest BCUT2D eigenvalue weighted by atomic mass is 16.5. The molecule has 3 rings (SSSR count). The fourth-order valence-electron chi connectivity index (χ4n) is 2.73. The number of nitrogens with one attached hydrogen (secondary N) is 1. The highest BCUT2D eigenvalue weighted by molar-refractivity contribution is 5.15. The third-order valence-electron chi connectivity index (χ3n) is 4.02. The highest BCUT2D eigenvalue weighted by Gasteiger charge is 2.26. The number of benzene rings is 2. The molecular weight excluding hydrogens is 274 g/mol. The van der Waals surface area contributed by atoms with Gasteiger partial charge in [-0.25, -0.2) is 0 Å². The summed E-state index contributed by atoms with van der Waals surface area (Å²) in [4.78, 5) is 0. The summed E-state index contributed by atoms with van der Waals surface area (Å²) in [7, 11) is 0. The Labute approximate surface area is 132 Å². The minimum absolute atomic E-state index is 0.109. The average Bonchev–Trinajstić information content (AvgIpc) is 2.61. The van der Waals surface area contributed by atoms with Crippen molar-refractivity contribution in [3.63, 3.8) is 0 Å². The van der Waals surface area contributed by atoms with E-state index >= 15 is 0 Å². The smallest absolute Gasteiger partial charge is 0.0966 e. The lowest BCUT2D eigenvalue weighted by molar-refractivity contribution is -0.0758. The Kier molecular flexibility index (Phi) is 5.59. The molecule has 0 aromatic heterocycles. The quantitative estimate of drug-likeness (QED) is 0.888. The van der Waals surface area contributed by atoms with Gasteiger partial charge in [0.15, 0.2) is 0 Å². The van der Waals surface area contributed by atoms with Crippen molar-refractivity contribution < 1.29 is 9.47 Å². The molecule has 0 aliphatic carbocycles. The summed E-state index contributed by atoms with van der Waals surface area (Å²) < 4.78 is 11.7. The van der Waals surface area contributed by atoms with E-state index < -0.39 is 0 Å². The normalized spacial score (nSPS) is 21.6. The summed E-state index contributed by atoms with van der Waals surface area (Å²) in [6, 6.07) is 21.1. The third-order valence-corrected chi connectivity index (χ3v) is 4.02. The van der Waals surface area contributed by atoms with Crippen molar-refractivity contribution in [2.75, 3.05) is 13.2 Å². The van der Waals surface area contributed by atoms with Crippen LogP contribution < -0.4 is 5.32 Å². The second kappa shape index (κ2) is 8.08. The Morgan fingerprint density at radius 1 is 0.955 bits per heavy atom. The van der Waals surface area contributed by atoms with E-state index in [0.717, 1.165) is 19.6 Å². The van der Waals surface area contributed by atoms with E-state index in [2.05, 4.69) is 41.7 Å². The Balaban J connectivity index is 1.52. The topological polar surface area (TPSA) is 30.5 Å². The fraction of sp³-hybridized carbons (Fsp3) is 0.368. The summed E-state index contributed by atoms with van der Waals surface area (Å²) in [5.74, 6) is 0. The molecule has 2 aromatic carbocycles. The van der Waals surface area contributed by atoms with Gasteiger partial charge in [-0.1, -0.05) is 60.7 Å². The third kappa shape index (κ3) is 4.41. The van der Waals surface area contributed by atoms with Crippen LogP contribution in [0.1, 0.15) is 17.5 Å². The van der Waals surface area contributed by atoms with Gasteiger partial charge in [0.25, 0.3) is 0 Å². The van der Waals surface area contributed by atoms with Gasteiger partial charge in [0, 0.05) is 19.2 Å². The molecule has 1 saturated heterocycles. The molecule has 0 amide bonds. The monoisotopic (exact) mass is 297 g/mol. The number of hydrogen-bond acceptors (Lipinski definition) is 3. The maximum Gasteiger partial charge on any atom is 0.0966 e. The van der Waals surface area contributed by atoms with E-state index in [0.29, 0.717) is 19.3 Å². The summed E-state index contributed by atoms with van der Waals surface area (Å²) >= 11 is 0. The van der Waals surface area contributed by atoms with Crippen molar-refractivity contribution in [3.8, 4) is 0 Å². The highest BCUT2D eigenvalue weighted by Crippen LogP contribution is 2.14. The van der Waals surface area contributed by atoms with Gasteiger partial charge in [-0.05, 0) is 17.5 Å². The summed E-state index contributed by atoms with van der Waals surface area (Å²) in [5, 5.41) is 3.62. The van der Waals surface area contributed by atoms with Crippen LogP contribution in [-0.2, 0) is 22.6 Å². The van der Waals surface area contributed by atoms with Gasteiger partial charge in [-0.15, -0.1) is 0 Å². The molecule has 1 heterocycles. The summed E-state index contributed by atoms with van der Waals surface area (Å²) in [5.41, 5.74) is 2.51. The molecule has 1 N–H and O–H groups in total. The minimum atomic E-state index is 0.109. The lowest BCUT2D eigenvalue weighted by Crippen LogP contribution is -2.47. The zero-order chi connectivity index (χ0) is 15.0. The van der Waals surface area contributed by atoms with E-state index in [1.54, 1.807) is 0 Å². The maximum absolute atomic E-state index is 6.08. The first-order valence-corrected chi connectivity index (χ1v) is 7.92. The van der Waals surface area contributed by atoms with E-state index in [1.807, 2.05) is 24.3 Å². The molecule has 22 heavy (non-hydrogen) atoms. The van der Waals surface area contributed by atoms with Crippen molar-refractivity contribution in [2.24, 2.45) is 0 Å². The van der Waals surface area contributed by atoms with Crippen molar-refractivity contribution in [1.82, 2.24) is 5.32 Å². The average molecular weight is 297 g/mol. The Morgan fingerprint density at radius 3 is 2.36 bits per heavy atom. The minimum Gasteiger partial charge on any atom is -0.379 e. The number of rotatable bonds is 6. The first-order chi connectivity index (χ1) is 10.9. The standard InChI is InChI=1S/C19H23NO2/c1-3-7-16(8-4-1)13-20-18-11-12-21-15-19(18)22-14-17-9-5-2-6-10-17/h1-10,18-20H,11-15H2. The zero-order valence-corrected chi connectivity index (χ0v) is 12.8. The van der Waals surface area contributed by atoms with Gasteiger partial charge in [-0.3, -0.25) is 0 Å². The first-order valence-electron chi connectivity index (χ1n) is 7.92. The Morgan fingerprint density at radius 2 is 1.64 bits per heavy atom. The van der Waals surface area contributed by atoms with Gasteiger partial charge < -0.3 is 14.8 Å². The molecule has 2 unspecified atom stereocenters. The van der Waals surface area contributed by atoms with E-state index in [4.69, 9.17) is 9.47 Å². The molecule has 0 saturated carbocycles. The van der Waals surface area contributed by atoms with E-state index in [9.17, 15) is 0 Å². The van der Waals surface area contributed by atoms with Gasteiger partial charge in [-0.2, -0.15) is 0 Å². The van der Waals surface area contributed by atoms with Crippen LogP contribution in [0.25, 0.3) is 0 Å². The zero-order valence-electron chi connectivity index (χ0n) is 12.8. The molecule has 3 heteroatoms. The molecule has 1 aliphatic rings. The van der Waals surface area contributed by atoms with Crippen LogP contribution in [0, 0.1) is 0 Å². The van der Waals surface area contributed by atoms with Gasteiger partial charge in [0.05, 0.1) is 19.3 Å². The van der Waals surface area contributed by atoms with Crippen LogP contribution in [0.4, 0.5) is 0 Å². The van der Waals surface area contributed by atoms with Crippen LogP contribution in [0.3, 0.4) is 0 Å². The lowest BCUT2D eigenvalue weighted by atomic mass is 10.1. The molecule has 2 aromatic rings. The van der Waals surface area contributed by atoms with Crippen LogP contribution in [0.2, 0.25) is 0 Å². The predicted molar refractivity (Wildman–Crippen MR) is 87.5 cm³/mol. The fourth-order valence-corrected chi connectivity index (χ4v) is 2.73. The largest absolute Gasteiger partial charge is 0.379 e. The van der Waals surface area contributed by atoms with Gasteiger partial charge in [0.2, 0.25) is 0 Å². The number of hydrogen-bond donors (Lipinski definition) is 1. The molecule has 3 nitrogen and oxygen atoms in total. The van der Waals surface area contributed by atoms with E-state index in [1.165, 1.54) is 11.1 Å². The predicted octanol–water partition coefficient (Wildman–Crippen LogP) is 3.15. The molecule has 0 radical (unpaired) electrons. The van der Waals surface area contributed by atoms with Gasteiger partial charge in [0.1, 0.15) is 0 Å². The van der Waals surface area contributed by atoms with Crippen LogP contribution in [0.5, 0.6) is 0 Å². The van der Waals surface area contributed by atoms with Crippen molar-refractivity contribution >= 4 is 0 Å². The van der Waals surface area contributed by atoms with Gasteiger partial charge >= 0.3 is 0 Å². The summed E-state index contributed by atoms with van der Waals surface area (Å²) in [6.45, 7) is 2.98. The lowest BCUT2D eigenvalue weighted by Gasteiger charge is -2.32. The van der Waals surface area contributed by atoms with Crippen molar-refractivity contribution in [2.45, 2.75) is 31.7 Å². The first kappa shape index (κ1) is 15.2. The van der Waals surface area contributed by atoms with E-state index in [-0.39, 0.29) is 6.10 Å². The molecule has 1 aliphatic heterocycles. The molecule has 1 fully saturated rings. The van der Waals surface area contributed by atoms with Crippen molar-refractivity contribution in [3.05, 3.63) is 71.8 Å². The Bertz CT molecular complexity index is 492. The second-order valence-electron chi connectivity index (χ2n) is 5.67. The van der Waals surface area contributed by atoms with Crippen LogP contribution >= 0.6 is 0 Å². The van der Waals surface area contributed by atoms with Crippen LogP contribution in [-0.4, -0.2) is 25.4 Å². The SMILES string of the molecule is c1ccc(CNC2CCOCC2OCc2ccccc2)cc1. The molecule has 116 valence electrons. The maximum atomic E-state index is 6.08. The second-order valence-corrected chi connectivity index (χ2v) is 5.67.